The van der Waals surface area contributed by atoms with Crippen molar-refractivity contribution in [2.24, 2.45) is 0 Å². The maximum Gasteiger partial charge on any atom is 0.0790 e. The third-order valence-electron chi connectivity index (χ3n) is 3.78. The van der Waals surface area contributed by atoms with Crippen molar-refractivity contribution in [1.82, 2.24) is 0 Å². The van der Waals surface area contributed by atoms with Gasteiger partial charge in [0.2, 0.25) is 0 Å². The Balaban J connectivity index is 2.15. The first-order chi connectivity index (χ1) is 9.63. The second-order valence-corrected chi connectivity index (χ2v) is 6.76. The SMILES string of the molecule is CCCCCCCCCCC(O)c1cc(C)cc(Br)c1. The number of aryl methyl sites for hydroxylation is 1. The number of aliphatic hydroxyl groups excluding tert-OH is 1. The van der Waals surface area contributed by atoms with Gasteiger partial charge in [0.25, 0.3) is 0 Å². The number of halogens is 1. The van der Waals surface area contributed by atoms with Gasteiger partial charge in [0.1, 0.15) is 0 Å². The van der Waals surface area contributed by atoms with Gasteiger partial charge in [-0.25, -0.2) is 0 Å². The zero-order valence-electron chi connectivity index (χ0n) is 13.0. The summed E-state index contributed by atoms with van der Waals surface area (Å²) in [7, 11) is 0. The second kappa shape index (κ2) is 10.4. The molecule has 2 heteroatoms. The Labute approximate surface area is 132 Å². The molecule has 0 bridgehead atoms. The Morgan fingerprint density at radius 1 is 0.950 bits per heavy atom. The van der Waals surface area contributed by atoms with Crippen molar-refractivity contribution in [3.63, 3.8) is 0 Å². The van der Waals surface area contributed by atoms with Gasteiger partial charge in [0, 0.05) is 4.47 Å². The highest BCUT2D eigenvalue weighted by Crippen LogP contribution is 2.24. The second-order valence-electron chi connectivity index (χ2n) is 5.84. The molecule has 1 unspecified atom stereocenters. The van der Waals surface area contributed by atoms with E-state index in [2.05, 4.69) is 41.9 Å². The van der Waals surface area contributed by atoms with Gasteiger partial charge >= 0.3 is 0 Å². The van der Waals surface area contributed by atoms with E-state index in [0.717, 1.165) is 22.9 Å². The average Bonchev–Trinajstić information content (AvgIpc) is 2.40. The molecule has 1 N–H and O–H groups in total. The van der Waals surface area contributed by atoms with E-state index >= 15 is 0 Å². The molecular formula is C18H29BrO. The molecule has 1 nitrogen and oxygen atoms in total. The molecule has 1 aromatic rings. The molecule has 1 aromatic carbocycles. The normalized spacial score (nSPS) is 12.6. The van der Waals surface area contributed by atoms with Gasteiger partial charge in [0.15, 0.2) is 0 Å². The van der Waals surface area contributed by atoms with E-state index in [-0.39, 0.29) is 6.10 Å². The lowest BCUT2D eigenvalue weighted by Crippen LogP contribution is -1.98. The number of aliphatic hydroxyl groups is 1. The summed E-state index contributed by atoms with van der Waals surface area (Å²) in [5.41, 5.74) is 2.24. The van der Waals surface area contributed by atoms with E-state index in [4.69, 9.17) is 0 Å². The van der Waals surface area contributed by atoms with E-state index in [1.807, 2.05) is 6.07 Å². The predicted molar refractivity (Wildman–Crippen MR) is 91.1 cm³/mol. The molecule has 0 fully saturated rings. The minimum atomic E-state index is -0.314. The summed E-state index contributed by atoms with van der Waals surface area (Å²) in [6, 6.07) is 6.19. The van der Waals surface area contributed by atoms with E-state index in [0.29, 0.717) is 0 Å². The van der Waals surface area contributed by atoms with Gasteiger partial charge in [-0.3, -0.25) is 0 Å². The van der Waals surface area contributed by atoms with Crippen molar-refractivity contribution in [2.75, 3.05) is 0 Å². The Kier molecular flexibility index (Phi) is 9.21. The van der Waals surface area contributed by atoms with Crippen LogP contribution in [0, 0.1) is 6.92 Å². The van der Waals surface area contributed by atoms with Crippen molar-refractivity contribution in [3.05, 3.63) is 33.8 Å². The van der Waals surface area contributed by atoms with Crippen LogP contribution in [0.1, 0.15) is 81.9 Å². The molecule has 0 radical (unpaired) electrons. The number of hydrogen-bond donors (Lipinski definition) is 1. The number of rotatable bonds is 10. The quantitative estimate of drug-likeness (QED) is 0.494. The summed E-state index contributed by atoms with van der Waals surface area (Å²) in [6.45, 7) is 4.32. The summed E-state index contributed by atoms with van der Waals surface area (Å²) in [5.74, 6) is 0. The highest BCUT2D eigenvalue weighted by atomic mass is 79.9. The van der Waals surface area contributed by atoms with Crippen LogP contribution in [0.3, 0.4) is 0 Å². The van der Waals surface area contributed by atoms with Crippen molar-refractivity contribution >= 4 is 15.9 Å². The summed E-state index contributed by atoms with van der Waals surface area (Å²) in [5, 5.41) is 10.2. The Morgan fingerprint density at radius 3 is 2.15 bits per heavy atom. The third kappa shape index (κ3) is 7.44. The topological polar surface area (TPSA) is 20.2 Å². The highest BCUT2D eigenvalue weighted by Gasteiger charge is 2.08. The van der Waals surface area contributed by atoms with E-state index < -0.39 is 0 Å². The number of benzene rings is 1. The maximum absolute atomic E-state index is 10.2. The van der Waals surface area contributed by atoms with Crippen LogP contribution < -0.4 is 0 Å². The fourth-order valence-electron chi connectivity index (χ4n) is 2.60. The molecule has 0 aliphatic carbocycles. The molecule has 0 spiro atoms. The molecule has 0 heterocycles. The van der Waals surface area contributed by atoms with Gasteiger partial charge in [-0.2, -0.15) is 0 Å². The molecule has 0 aliphatic heterocycles. The first-order valence-corrected chi connectivity index (χ1v) is 8.88. The van der Waals surface area contributed by atoms with Crippen LogP contribution >= 0.6 is 15.9 Å². The molecule has 1 rings (SSSR count). The Bertz CT molecular complexity index is 355. The molecule has 1 atom stereocenters. The van der Waals surface area contributed by atoms with Gasteiger partial charge in [-0.1, -0.05) is 80.3 Å². The van der Waals surface area contributed by atoms with Gasteiger partial charge in [-0.05, 0) is 36.6 Å². The number of hydrogen-bond acceptors (Lipinski definition) is 1. The molecular weight excluding hydrogens is 312 g/mol. The van der Waals surface area contributed by atoms with E-state index in [9.17, 15) is 5.11 Å². The summed E-state index contributed by atoms with van der Waals surface area (Å²) >= 11 is 3.49. The maximum atomic E-state index is 10.2. The fraction of sp³-hybridized carbons (Fsp3) is 0.667. The predicted octanol–water partition coefficient (Wildman–Crippen LogP) is 6.32. The first kappa shape index (κ1) is 17.7. The minimum Gasteiger partial charge on any atom is -0.388 e. The first-order valence-electron chi connectivity index (χ1n) is 8.08. The monoisotopic (exact) mass is 340 g/mol. The molecule has 114 valence electrons. The summed E-state index contributed by atoms with van der Waals surface area (Å²) < 4.78 is 1.06. The molecule has 0 amide bonds. The van der Waals surface area contributed by atoms with Crippen LogP contribution in [0.4, 0.5) is 0 Å². The molecule has 0 saturated heterocycles. The van der Waals surface area contributed by atoms with Crippen molar-refractivity contribution in [3.8, 4) is 0 Å². The molecule has 0 aliphatic rings. The van der Waals surface area contributed by atoms with Crippen LogP contribution in [0.2, 0.25) is 0 Å². The lowest BCUT2D eigenvalue weighted by molar-refractivity contribution is 0.163. The minimum absolute atomic E-state index is 0.314. The van der Waals surface area contributed by atoms with Crippen LogP contribution in [0.15, 0.2) is 22.7 Å². The van der Waals surface area contributed by atoms with Crippen LogP contribution in [0.25, 0.3) is 0 Å². The van der Waals surface area contributed by atoms with E-state index in [1.54, 1.807) is 0 Å². The van der Waals surface area contributed by atoms with Crippen molar-refractivity contribution < 1.29 is 5.11 Å². The van der Waals surface area contributed by atoms with Crippen LogP contribution in [-0.2, 0) is 0 Å². The van der Waals surface area contributed by atoms with E-state index in [1.165, 1.54) is 50.5 Å². The standard InChI is InChI=1S/C18H29BrO/c1-3-4-5-6-7-8-9-10-11-18(20)16-12-15(2)13-17(19)14-16/h12-14,18,20H,3-11H2,1-2H3. The van der Waals surface area contributed by atoms with Crippen molar-refractivity contribution in [2.45, 2.75) is 77.7 Å². The average molecular weight is 341 g/mol. The largest absolute Gasteiger partial charge is 0.388 e. The van der Waals surface area contributed by atoms with Gasteiger partial charge < -0.3 is 5.11 Å². The zero-order valence-corrected chi connectivity index (χ0v) is 14.6. The van der Waals surface area contributed by atoms with Crippen LogP contribution in [-0.4, -0.2) is 5.11 Å². The molecule has 0 aromatic heterocycles. The zero-order chi connectivity index (χ0) is 14.8. The third-order valence-corrected chi connectivity index (χ3v) is 4.24. The smallest absolute Gasteiger partial charge is 0.0790 e. The lowest BCUT2D eigenvalue weighted by atomic mass is 10.0. The van der Waals surface area contributed by atoms with Crippen LogP contribution in [0.5, 0.6) is 0 Å². The Hall–Kier alpha value is -0.340. The summed E-state index contributed by atoms with van der Waals surface area (Å²) in [4.78, 5) is 0. The molecule has 20 heavy (non-hydrogen) atoms. The molecule has 0 saturated carbocycles. The fourth-order valence-corrected chi connectivity index (χ4v) is 3.22. The highest BCUT2D eigenvalue weighted by molar-refractivity contribution is 9.10. The summed E-state index contributed by atoms with van der Waals surface area (Å²) in [6.07, 6.45) is 11.1. The van der Waals surface area contributed by atoms with Gasteiger partial charge in [0.05, 0.1) is 6.10 Å². The number of unbranched alkanes of at least 4 members (excludes halogenated alkanes) is 7. The Morgan fingerprint density at radius 2 is 1.55 bits per heavy atom. The lowest BCUT2D eigenvalue weighted by Gasteiger charge is -2.12. The van der Waals surface area contributed by atoms with Gasteiger partial charge in [-0.15, -0.1) is 0 Å². The van der Waals surface area contributed by atoms with Crippen molar-refractivity contribution in [1.29, 1.82) is 0 Å².